The number of aromatic nitrogens is 8. The van der Waals surface area contributed by atoms with Crippen molar-refractivity contribution in [2.24, 2.45) is 11.8 Å². The van der Waals surface area contributed by atoms with Crippen LogP contribution in [0.15, 0.2) is 36.9 Å². The lowest BCUT2D eigenvalue weighted by molar-refractivity contribution is 0.162. The number of hydrogen-bond donors (Lipinski definition) is 3. The summed E-state index contributed by atoms with van der Waals surface area (Å²) in [5.74, 6) is 1.69. The second-order valence-corrected chi connectivity index (χ2v) is 7.32. The number of nitrogen functional groups attached to an aromatic ring is 1. The van der Waals surface area contributed by atoms with Crippen molar-refractivity contribution in [1.82, 2.24) is 39.7 Å². The van der Waals surface area contributed by atoms with Gasteiger partial charge in [-0.15, -0.1) is 5.10 Å². The van der Waals surface area contributed by atoms with Crippen LogP contribution in [0.1, 0.15) is 13.3 Å². The number of nitrogens with one attached hydrogen (secondary N) is 1. The zero-order chi connectivity index (χ0) is 20.0. The summed E-state index contributed by atoms with van der Waals surface area (Å²) in [6.45, 7) is 2.63. The van der Waals surface area contributed by atoms with E-state index in [0.29, 0.717) is 40.5 Å². The first kappa shape index (κ1) is 17.5. The molecule has 4 aromatic rings. The predicted molar refractivity (Wildman–Crippen MR) is 105 cm³/mol. The van der Waals surface area contributed by atoms with E-state index in [1.54, 1.807) is 35.4 Å². The zero-order valence-electron chi connectivity index (χ0n) is 15.7. The molecule has 4 aromatic heterocycles. The Kier molecular flexibility index (Phi) is 4.09. The van der Waals surface area contributed by atoms with Gasteiger partial charge in [0.1, 0.15) is 5.82 Å². The van der Waals surface area contributed by atoms with Gasteiger partial charge in [-0.1, -0.05) is 5.21 Å². The Labute approximate surface area is 165 Å². The third-order valence-corrected chi connectivity index (χ3v) is 5.12. The molecule has 1 fully saturated rings. The molecule has 1 aliphatic rings. The fourth-order valence-corrected chi connectivity index (χ4v) is 3.45. The second-order valence-electron chi connectivity index (χ2n) is 7.32. The number of anilines is 3. The maximum absolute atomic E-state index is 9.65. The van der Waals surface area contributed by atoms with Crippen LogP contribution < -0.4 is 11.1 Å². The van der Waals surface area contributed by atoms with Crippen molar-refractivity contribution in [3.8, 4) is 5.69 Å². The molecule has 0 amide bonds. The largest absolute Gasteiger partial charge is 0.393 e. The topological polar surface area (TPSA) is 145 Å². The summed E-state index contributed by atoms with van der Waals surface area (Å²) >= 11 is 0. The highest BCUT2D eigenvalue weighted by atomic mass is 16.3. The Balaban J connectivity index is 1.35. The molecule has 0 spiro atoms. The van der Waals surface area contributed by atoms with E-state index in [1.807, 2.05) is 17.8 Å². The van der Waals surface area contributed by atoms with Crippen LogP contribution in [-0.4, -0.2) is 50.9 Å². The molecule has 0 aliphatic heterocycles. The number of hydrogen-bond acceptors (Lipinski definition) is 9. The van der Waals surface area contributed by atoms with E-state index >= 15 is 0 Å². The molecule has 11 heteroatoms. The minimum atomic E-state index is -0.261. The maximum atomic E-state index is 9.65. The third kappa shape index (κ3) is 3.47. The lowest BCUT2D eigenvalue weighted by atomic mass is 10.2. The van der Waals surface area contributed by atoms with Gasteiger partial charge >= 0.3 is 0 Å². The minimum Gasteiger partial charge on any atom is -0.393 e. The van der Waals surface area contributed by atoms with E-state index in [4.69, 9.17) is 5.73 Å². The van der Waals surface area contributed by atoms with Crippen LogP contribution in [0.25, 0.3) is 16.9 Å². The van der Waals surface area contributed by atoms with Crippen molar-refractivity contribution in [3.05, 3.63) is 36.9 Å². The van der Waals surface area contributed by atoms with E-state index < -0.39 is 0 Å². The molecule has 1 aliphatic carbocycles. The van der Waals surface area contributed by atoms with Crippen LogP contribution >= 0.6 is 0 Å². The lowest BCUT2D eigenvalue weighted by Gasteiger charge is -2.04. The summed E-state index contributed by atoms with van der Waals surface area (Å²) in [5.41, 5.74) is 8.26. The standard InChI is InChI=1S/C18H20N10O/c1-10(29)14-4-11(14)8-27-9-12(5-22-27)23-18-21-7-15-17(24-18)28(26-25-15)13-2-3-16(19)20-6-13/h2-3,5-7,9-11,14,29H,4,8H2,1H3,(H2,19,20)(H,21,23,24)/t10-,11+,14+/m1/s1. The average molecular weight is 392 g/mol. The highest BCUT2D eigenvalue weighted by Gasteiger charge is 2.40. The number of rotatable bonds is 6. The molecule has 0 unspecified atom stereocenters. The van der Waals surface area contributed by atoms with E-state index in [1.165, 1.54) is 0 Å². The van der Waals surface area contributed by atoms with Gasteiger partial charge in [0.15, 0.2) is 11.2 Å². The number of pyridine rings is 1. The second kappa shape index (κ2) is 6.78. The predicted octanol–water partition coefficient (Wildman–Crippen LogP) is 1.14. The Morgan fingerprint density at radius 3 is 2.93 bits per heavy atom. The number of fused-ring (bicyclic) bond motifs is 1. The molecule has 1 saturated carbocycles. The van der Waals surface area contributed by atoms with Gasteiger partial charge in [0.2, 0.25) is 5.95 Å². The first-order valence-corrected chi connectivity index (χ1v) is 9.35. The average Bonchev–Trinajstić information content (AvgIpc) is 3.14. The number of nitrogens with two attached hydrogens (primary N) is 1. The van der Waals surface area contributed by atoms with Crippen molar-refractivity contribution in [2.75, 3.05) is 11.1 Å². The van der Waals surface area contributed by atoms with Gasteiger partial charge in [-0.3, -0.25) is 4.68 Å². The van der Waals surface area contributed by atoms with E-state index in [2.05, 4.69) is 35.7 Å². The van der Waals surface area contributed by atoms with Gasteiger partial charge < -0.3 is 16.2 Å². The van der Waals surface area contributed by atoms with Gasteiger partial charge in [-0.2, -0.15) is 14.8 Å². The van der Waals surface area contributed by atoms with Crippen LogP contribution in [0.5, 0.6) is 0 Å². The maximum Gasteiger partial charge on any atom is 0.229 e. The molecule has 5 rings (SSSR count). The van der Waals surface area contributed by atoms with Gasteiger partial charge in [0.05, 0.1) is 36.1 Å². The molecule has 4 heterocycles. The van der Waals surface area contributed by atoms with Crippen molar-refractivity contribution < 1.29 is 5.11 Å². The Morgan fingerprint density at radius 2 is 2.17 bits per heavy atom. The molecule has 0 aromatic carbocycles. The zero-order valence-corrected chi connectivity index (χ0v) is 15.7. The SMILES string of the molecule is C[C@@H](O)[C@@H]1C[C@H]1Cn1cc(Nc2ncc3nnn(-c4ccc(N)nc4)c3n2)cn1. The molecular weight excluding hydrogens is 372 g/mol. The van der Waals surface area contributed by atoms with Crippen LogP contribution in [0.2, 0.25) is 0 Å². The molecule has 4 N–H and O–H groups in total. The molecule has 0 saturated heterocycles. The summed E-state index contributed by atoms with van der Waals surface area (Å²) in [7, 11) is 0. The Morgan fingerprint density at radius 1 is 1.28 bits per heavy atom. The quantitative estimate of drug-likeness (QED) is 0.440. The molecule has 29 heavy (non-hydrogen) atoms. The van der Waals surface area contributed by atoms with Gasteiger partial charge in [0.25, 0.3) is 0 Å². The number of aliphatic hydroxyl groups is 1. The van der Waals surface area contributed by atoms with Gasteiger partial charge in [0, 0.05) is 12.7 Å². The first-order valence-electron chi connectivity index (χ1n) is 9.35. The van der Waals surface area contributed by atoms with Crippen LogP contribution in [0.3, 0.4) is 0 Å². The molecule has 3 atom stereocenters. The van der Waals surface area contributed by atoms with E-state index in [0.717, 1.165) is 18.7 Å². The molecule has 11 nitrogen and oxygen atoms in total. The summed E-state index contributed by atoms with van der Waals surface area (Å²) in [4.78, 5) is 12.9. The van der Waals surface area contributed by atoms with Crippen molar-refractivity contribution >= 4 is 28.6 Å². The van der Waals surface area contributed by atoms with E-state index in [-0.39, 0.29) is 6.10 Å². The minimum absolute atomic E-state index is 0.261. The normalized spacial score (nSPS) is 19.4. The summed E-state index contributed by atoms with van der Waals surface area (Å²) in [5, 5.41) is 25.4. The van der Waals surface area contributed by atoms with Crippen LogP contribution in [-0.2, 0) is 6.54 Å². The van der Waals surface area contributed by atoms with Crippen LogP contribution in [0.4, 0.5) is 17.5 Å². The summed E-state index contributed by atoms with van der Waals surface area (Å²) in [6, 6.07) is 3.49. The van der Waals surface area contributed by atoms with Crippen molar-refractivity contribution in [1.29, 1.82) is 0 Å². The summed E-state index contributed by atoms with van der Waals surface area (Å²) in [6.07, 6.45) is 7.64. The number of aliphatic hydroxyl groups excluding tert-OH is 1. The first-order chi connectivity index (χ1) is 14.1. The lowest BCUT2D eigenvalue weighted by Crippen LogP contribution is -2.08. The number of nitrogens with zero attached hydrogens (tertiary/aromatic N) is 8. The Hall–Kier alpha value is -3.60. The summed E-state index contributed by atoms with van der Waals surface area (Å²) < 4.78 is 3.46. The molecule has 0 radical (unpaired) electrons. The van der Waals surface area contributed by atoms with Crippen molar-refractivity contribution in [2.45, 2.75) is 26.0 Å². The highest BCUT2D eigenvalue weighted by molar-refractivity contribution is 5.72. The smallest absolute Gasteiger partial charge is 0.229 e. The molecule has 0 bridgehead atoms. The Bertz CT molecular complexity index is 1150. The highest BCUT2D eigenvalue weighted by Crippen LogP contribution is 2.42. The van der Waals surface area contributed by atoms with Gasteiger partial charge in [-0.25, -0.2) is 9.97 Å². The van der Waals surface area contributed by atoms with Gasteiger partial charge in [-0.05, 0) is 37.3 Å². The fourth-order valence-electron chi connectivity index (χ4n) is 3.45. The third-order valence-electron chi connectivity index (χ3n) is 5.12. The van der Waals surface area contributed by atoms with Crippen molar-refractivity contribution in [3.63, 3.8) is 0 Å². The molecule has 148 valence electrons. The fraction of sp³-hybridized carbons (Fsp3) is 0.333. The monoisotopic (exact) mass is 392 g/mol. The van der Waals surface area contributed by atoms with Crippen LogP contribution in [0, 0.1) is 11.8 Å². The van der Waals surface area contributed by atoms with E-state index in [9.17, 15) is 5.11 Å². The molecular formula is C18H20N10O.